The average Bonchev–Trinajstić information content (AvgIpc) is 2.29. The molecule has 0 aliphatic rings. The molecule has 1 aromatic carbocycles. The van der Waals surface area contributed by atoms with Crippen molar-refractivity contribution in [2.75, 3.05) is 26.1 Å². The van der Waals surface area contributed by atoms with Crippen molar-refractivity contribution in [3.05, 3.63) is 29.6 Å². The predicted molar refractivity (Wildman–Crippen MR) is 69.6 cm³/mol. The lowest BCUT2D eigenvalue weighted by molar-refractivity contribution is 0.384. The molecule has 1 rings (SSSR count). The van der Waals surface area contributed by atoms with Crippen molar-refractivity contribution in [2.24, 2.45) is 0 Å². The van der Waals surface area contributed by atoms with Gasteiger partial charge in [-0.2, -0.15) is 0 Å². The number of benzene rings is 1. The standard InChI is InChI=1S/C13H19ClFNO/c1-13(2,9-16-7-6-14)11-8-10(15)4-5-12(11)17-3/h4-5,8,16H,6-7,9H2,1-3H3. The molecular weight excluding hydrogens is 241 g/mol. The summed E-state index contributed by atoms with van der Waals surface area (Å²) in [4.78, 5) is 0. The summed E-state index contributed by atoms with van der Waals surface area (Å²) in [7, 11) is 1.60. The Labute approximate surface area is 107 Å². The fraction of sp³-hybridized carbons (Fsp3) is 0.538. The summed E-state index contributed by atoms with van der Waals surface area (Å²) in [5, 5.41) is 3.23. The maximum atomic E-state index is 13.3. The van der Waals surface area contributed by atoms with E-state index in [0.717, 1.165) is 18.7 Å². The van der Waals surface area contributed by atoms with Crippen molar-refractivity contribution in [3.8, 4) is 5.75 Å². The molecule has 0 amide bonds. The second-order valence-corrected chi connectivity index (χ2v) is 4.97. The molecule has 0 aliphatic carbocycles. The van der Waals surface area contributed by atoms with Crippen LogP contribution in [-0.2, 0) is 5.41 Å². The average molecular weight is 260 g/mol. The molecule has 0 unspecified atom stereocenters. The summed E-state index contributed by atoms with van der Waals surface area (Å²) in [6.45, 7) is 5.55. The van der Waals surface area contributed by atoms with E-state index in [4.69, 9.17) is 16.3 Å². The molecule has 1 N–H and O–H groups in total. The second kappa shape index (κ2) is 6.22. The van der Waals surface area contributed by atoms with E-state index in [2.05, 4.69) is 5.32 Å². The predicted octanol–water partition coefficient (Wildman–Crippen LogP) is 2.94. The summed E-state index contributed by atoms with van der Waals surface area (Å²) < 4.78 is 18.6. The van der Waals surface area contributed by atoms with E-state index in [0.29, 0.717) is 11.6 Å². The number of halogens is 2. The minimum atomic E-state index is -0.244. The van der Waals surface area contributed by atoms with Crippen LogP contribution in [0.15, 0.2) is 18.2 Å². The van der Waals surface area contributed by atoms with E-state index in [1.54, 1.807) is 13.2 Å². The van der Waals surface area contributed by atoms with Crippen molar-refractivity contribution in [2.45, 2.75) is 19.3 Å². The molecule has 0 radical (unpaired) electrons. The van der Waals surface area contributed by atoms with Gasteiger partial charge in [0.2, 0.25) is 0 Å². The summed E-state index contributed by atoms with van der Waals surface area (Å²) in [6.07, 6.45) is 0. The zero-order chi connectivity index (χ0) is 12.9. The highest BCUT2D eigenvalue weighted by Crippen LogP contribution is 2.31. The largest absolute Gasteiger partial charge is 0.496 e. The van der Waals surface area contributed by atoms with Crippen LogP contribution in [0, 0.1) is 5.82 Å². The highest BCUT2D eigenvalue weighted by molar-refractivity contribution is 6.18. The quantitative estimate of drug-likeness (QED) is 0.627. The Morgan fingerprint density at radius 1 is 1.41 bits per heavy atom. The van der Waals surface area contributed by atoms with Crippen LogP contribution in [0.3, 0.4) is 0 Å². The fourth-order valence-corrected chi connectivity index (χ4v) is 1.91. The van der Waals surface area contributed by atoms with Crippen LogP contribution in [0.1, 0.15) is 19.4 Å². The van der Waals surface area contributed by atoms with Crippen LogP contribution in [-0.4, -0.2) is 26.1 Å². The van der Waals surface area contributed by atoms with Crippen LogP contribution in [0.5, 0.6) is 5.75 Å². The number of rotatable bonds is 6. The third-order valence-corrected chi connectivity index (χ3v) is 2.92. The molecule has 0 fully saturated rings. The smallest absolute Gasteiger partial charge is 0.123 e. The number of hydrogen-bond donors (Lipinski definition) is 1. The Morgan fingerprint density at radius 2 is 2.12 bits per heavy atom. The molecule has 0 atom stereocenters. The monoisotopic (exact) mass is 259 g/mol. The first-order valence-electron chi connectivity index (χ1n) is 5.62. The lowest BCUT2D eigenvalue weighted by Crippen LogP contribution is -2.34. The van der Waals surface area contributed by atoms with E-state index in [1.807, 2.05) is 13.8 Å². The molecule has 0 saturated carbocycles. The van der Waals surface area contributed by atoms with Crippen molar-refractivity contribution in [1.82, 2.24) is 5.32 Å². The van der Waals surface area contributed by atoms with Gasteiger partial charge in [0.25, 0.3) is 0 Å². The zero-order valence-corrected chi connectivity index (χ0v) is 11.3. The molecule has 1 aromatic rings. The molecule has 0 spiro atoms. The van der Waals surface area contributed by atoms with Crippen LogP contribution >= 0.6 is 11.6 Å². The zero-order valence-electron chi connectivity index (χ0n) is 10.5. The highest BCUT2D eigenvalue weighted by atomic mass is 35.5. The Hall–Kier alpha value is -0.800. The lowest BCUT2D eigenvalue weighted by Gasteiger charge is -2.27. The topological polar surface area (TPSA) is 21.3 Å². The second-order valence-electron chi connectivity index (χ2n) is 4.59. The van der Waals surface area contributed by atoms with E-state index >= 15 is 0 Å². The molecule has 4 heteroatoms. The van der Waals surface area contributed by atoms with Gasteiger partial charge in [0.15, 0.2) is 0 Å². The Morgan fingerprint density at radius 3 is 2.71 bits per heavy atom. The maximum absolute atomic E-state index is 13.3. The van der Waals surface area contributed by atoms with Crippen LogP contribution in [0.4, 0.5) is 4.39 Å². The molecule has 0 saturated heterocycles. The van der Waals surface area contributed by atoms with Gasteiger partial charge in [0, 0.05) is 29.9 Å². The highest BCUT2D eigenvalue weighted by Gasteiger charge is 2.24. The Kier molecular flexibility index (Phi) is 5.22. The first kappa shape index (κ1) is 14.3. The van der Waals surface area contributed by atoms with Crippen LogP contribution < -0.4 is 10.1 Å². The SMILES string of the molecule is COc1ccc(F)cc1C(C)(C)CNCCCl. The van der Waals surface area contributed by atoms with Crippen molar-refractivity contribution < 1.29 is 9.13 Å². The Bertz CT molecular complexity index is 368. The van der Waals surface area contributed by atoms with E-state index in [1.165, 1.54) is 12.1 Å². The molecule has 96 valence electrons. The van der Waals surface area contributed by atoms with Gasteiger partial charge in [0.05, 0.1) is 7.11 Å². The van der Waals surface area contributed by atoms with Gasteiger partial charge in [-0.15, -0.1) is 11.6 Å². The lowest BCUT2D eigenvalue weighted by atomic mass is 9.84. The van der Waals surface area contributed by atoms with Gasteiger partial charge in [-0.1, -0.05) is 13.8 Å². The summed E-state index contributed by atoms with van der Waals surface area (Å²) >= 11 is 5.61. The van der Waals surface area contributed by atoms with Gasteiger partial charge in [-0.05, 0) is 18.2 Å². The third kappa shape index (κ3) is 3.86. The minimum absolute atomic E-state index is 0.209. The van der Waals surface area contributed by atoms with Gasteiger partial charge >= 0.3 is 0 Å². The van der Waals surface area contributed by atoms with Gasteiger partial charge in [-0.3, -0.25) is 0 Å². The number of hydrogen-bond acceptors (Lipinski definition) is 2. The van der Waals surface area contributed by atoms with Crippen molar-refractivity contribution in [1.29, 1.82) is 0 Å². The molecule has 0 bridgehead atoms. The van der Waals surface area contributed by atoms with Gasteiger partial charge in [0.1, 0.15) is 11.6 Å². The van der Waals surface area contributed by atoms with Gasteiger partial charge < -0.3 is 10.1 Å². The van der Waals surface area contributed by atoms with E-state index < -0.39 is 0 Å². The first-order valence-corrected chi connectivity index (χ1v) is 6.15. The number of alkyl halides is 1. The molecule has 0 aromatic heterocycles. The summed E-state index contributed by atoms with van der Waals surface area (Å²) in [6, 6.07) is 4.60. The van der Waals surface area contributed by atoms with Crippen LogP contribution in [0.25, 0.3) is 0 Å². The maximum Gasteiger partial charge on any atom is 0.123 e. The van der Waals surface area contributed by atoms with Crippen LogP contribution in [0.2, 0.25) is 0 Å². The third-order valence-electron chi connectivity index (χ3n) is 2.73. The summed E-state index contributed by atoms with van der Waals surface area (Å²) in [5.41, 5.74) is 0.654. The molecule has 2 nitrogen and oxygen atoms in total. The fourth-order valence-electron chi connectivity index (χ4n) is 1.77. The molecule has 0 aliphatic heterocycles. The van der Waals surface area contributed by atoms with Crippen molar-refractivity contribution in [3.63, 3.8) is 0 Å². The molecule has 0 heterocycles. The summed E-state index contributed by atoms with van der Waals surface area (Å²) in [5.74, 6) is 1.03. The van der Waals surface area contributed by atoms with Crippen molar-refractivity contribution >= 4 is 11.6 Å². The number of methoxy groups -OCH3 is 1. The normalized spacial score (nSPS) is 11.6. The van der Waals surface area contributed by atoms with E-state index in [9.17, 15) is 4.39 Å². The first-order chi connectivity index (χ1) is 8.01. The van der Waals surface area contributed by atoms with Gasteiger partial charge in [-0.25, -0.2) is 4.39 Å². The molecular formula is C13H19ClFNO. The number of nitrogens with one attached hydrogen (secondary N) is 1. The van der Waals surface area contributed by atoms with E-state index in [-0.39, 0.29) is 11.2 Å². The molecule has 17 heavy (non-hydrogen) atoms. The number of ether oxygens (including phenoxy) is 1. The minimum Gasteiger partial charge on any atom is -0.496 e. The Balaban J connectivity index is 2.91.